The number of ether oxygens (including phenoxy) is 2. The van der Waals surface area contributed by atoms with E-state index in [0.29, 0.717) is 34.7 Å². The Hall–Kier alpha value is -3.71. The predicted molar refractivity (Wildman–Crippen MR) is 134 cm³/mol. The molecule has 4 aromatic rings. The molecule has 7 heteroatoms. The molecule has 2 aromatic carbocycles. The summed E-state index contributed by atoms with van der Waals surface area (Å²) in [4.78, 5) is 20.3. The molecule has 1 amide bonds. The molecule has 0 spiro atoms. The highest BCUT2D eigenvalue weighted by atomic mass is 32.1. The minimum Gasteiger partial charge on any atom is -0.497 e. The molecule has 1 N–H and O–H groups in total. The number of hydrogen-bond acceptors (Lipinski definition) is 6. The van der Waals surface area contributed by atoms with Crippen LogP contribution in [0.25, 0.3) is 22.2 Å². The maximum Gasteiger partial charge on any atom is 0.272 e. The van der Waals surface area contributed by atoms with E-state index in [9.17, 15) is 4.79 Å². The average molecular weight is 460 g/mol. The number of amides is 1. The van der Waals surface area contributed by atoms with E-state index in [1.807, 2.05) is 49.4 Å². The van der Waals surface area contributed by atoms with Crippen molar-refractivity contribution in [3.05, 3.63) is 76.0 Å². The van der Waals surface area contributed by atoms with E-state index < -0.39 is 0 Å². The molecule has 0 saturated heterocycles. The Morgan fingerprint density at radius 2 is 1.88 bits per heavy atom. The molecule has 0 bridgehead atoms. The van der Waals surface area contributed by atoms with Crippen LogP contribution in [0.1, 0.15) is 33.5 Å². The fourth-order valence-corrected chi connectivity index (χ4v) is 4.51. The number of carbonyl (C=O) groups is 1. The number of fused-ring (bicyclic) bond motifs is 1. The maximum absolute atomic E-state index is 13.3. The number of aryl methyl sites for hydroxylation is 1. The lowest BCUT2D eigenvalue weighted by atomic mass is 10.0. The number of nitrogens with zero attached hydrogens (tertiary/aromatic N) is 2. The lowest BCUT2D eigenvalue weighted by Gasteiger charge is -2.13. The summed E-state index contributed by atoms with van der Waals surface area (Å²) in [6.07, 6.45) is 0.714. The molecule has 0 radical (unpaired) electrons. The molecule has 33 heavy (non-hydrogen) atoms. The third kappa shape index (κ3) is 4.73. The van der Waals surface area contributed by atoms with Gasteiger partial charge in [0.15, 0.2) is 0 Å². The van der Waals surface area contributed by atoms with Gasteiger partial charge >= 0.3 is 0 Å². The normalized spacial score (nSPS) is 11.5. The number of hydrazone groups is 1. The van der Waals surface area contributed by atoms with Gasteiger partial charge in [-0.3, -0.25) is 4.79 Å². The monoisotopic (exact) mass is 459 g/mol. The molecule has 6 nitrogen and oxygen atoms in total. The Bertz CT molecular complexity index is 1340. The molecule has 0 fully saturated rings. The van der Waals surface area contributed by atoms with Crippen molar-refractivity contribution >= 4 is 33.9 Å². The second-order valence-electron chi connectivity index (χ2n) is 7.40. The highest BCUT2D eigenvalue weighted by molar-refractivity contribution is 7.14. The lowest BCUT2D eigenvalue weighted by Crippen LogP contribution is -2.20. The Morgan fingerprint density at radius 3 is 2.58 bits per heavy atom. The topological polar surface area (TPSA) is 72.8 Å². The van der Waals surface area contributed by atoms with Gasteiger partial charge in [-0.25, -0.2) is 10.4 Å². The zero-order chi connectivity index (χ0) is 23.4. The summed E-state index contributed by atoms with van der Waals surface area (Å²) in [5.41, 5.74) is 6.21. The van der Waals surface area contributed by atoms with E-state index in [-0.39, 0.29) is 5.91 Å². The predicted octanol–water partition coefficient (Wildman–Crippen LogP) is 5.83. The number of benzene rings is 2. The molecule has 0 atom stereocenters. The molecule has 0 aliphatic heterocycles. The molecule has 2 aromatic heterocycles. The summed E-state index contributed by atoms with van der Waals surface area (Å²) in [6.45, 7) is 4.08. The number of thiophene rings is 1. The third-order valence-corrected chi connectivity index (χ3v) is 6.35. The van der Waals surface area contributed by atoms with Crippen LogP contribution < -0.4 is 14.9 Å². The van der Waals surface area contributed by atoms with Gasteiger partial charge in [-0.15, -0.1) is 11.3 Å². The van der Waals surface area contributed by atoms with Gasteiger partial charge < -0.3 is 9.47 Å². The molecule has 2 heterocycles. The number of nitrogens with one attached hydrogen (secondary N) is 1. The van der Waals surface area contributed by atoms with E-state index in [1.54, 1.807) is 37.7 Å². The van der Waals surface area contributed by atoms with Gasteiger partial charge in [-0.2, -0.15) is 5.10 Å². The van der Waals surface area contributed by atoms with Crippen LogP contribution in [-0.4, -0.2) is 30.8 Å². The van der Waals surface area contributed by atoms with E-state index in [4.69, 9.17) is 14.5 Å². The molecular formula is C26H25N3O3S. The summed E-state index contributed by atoms with van der Waals surface area (Å²) in [5.74, 6) is 1.00. The minimum absolute atomic E-state index is 0.290. The lowest BCUT2D eigenvalue weighted by molar-refractivity contribution is 0.0956. The average Bonchev–Trinajstić information content (AvgIpc) is 3.29. The first kappa shape index (κ1) is 22.5. The van der Waals surface area contributed by atoms with Crippen LogP contribution in [0, 0.1) is 6.92 Å². The Labute approximate surface area is 196 Å². The Kier molecular flexibility index (Phi) is 6.70. The van der Waals surface area contributed by atoms with Crippen molar-refractivity contribution in [3.8, 4) is 22.8 Å². The summed E-state index contributed by atoms with van der Waals surface area (Å²) in [6, 6.07) is 19.0. The van der Waals surface area contributed by atoms with Crippen molar-refractivity contribution in [3.63, 3.8) is 0 Å². The van der Waals surface area contributed by atoms with Crippen molar-refractivity contribution in [2.24, 2.45) is 5.10 Å². The summed E-state index contributed by atoms with van der Waals surface area (Å²) in [7, 11) is 3.20. The largest absolute Gasteiger partial charge is 0.497 e. The fourth-order valence-electron chi connectivity index (χ4n) is 3.59. The van der Waals surface area contributed by atoms with Gasteiger partial charge in [-0.1, -0.05) is 25.1 Å². The van der Waals surface area contributed by atoms with Crippen molar-refractivity contribution in [1.82, 2.24) is 10.4 Å². The van der Waals surface area contributed by atoms with Crippen molar-refractivity contribution < 1.29 is 14.3 Å². The van der Waals surface area contributed by atoms with Crippen LogP contribution in [0.5, 0.6) is 11.5 Å². The van der Waals surface area contributed by atoms with E-state index in [2.05, 4.69) is 23.5 Å². The maximum atomic E-state index is 13.3. The number of aromatic nitrogens is 1. The smallest absolute Gasteiger partial charge is 0.272 e. The van der Waals surface area contributed by atoms with E-state index in [1.165, 1.54) is 4.88 Å². The summed E-state index contributed by atoms with van der Waals surface area (Å²) in [5, 5.41) is 5.19. The Morgan fingerprint density at radius 1 is 1.06 bits per heavy atom. The number of para-hydroxylation sites is 1. The highest BCUT2D eigenvalue weighted by Crippen LogP contribution is 2.34. The van der Waals surface area contributed by atoms with Crippen molar-refractivity contribution in [1.29, 1.82) is 0 Å². The number of carbonyl (C=O) groups excluding carboxylic acids is 1. The van der Waals surface area contributed by atoms with Crippen LogP contribution in [0.4, 0.5) is 0 Å². The van der Waals surface area contributed by atoms with Crippen LogP contribution in [0.15, 0.2) is 65.8 Å². The van der Waals surface area contributed by atoms with Gasteiger partial charge in [0.2, 0.25) is 0 Å². The minimum atomic E-state index is -0.290. The van der Waals surface area contributed by atoms with Crippen molar-refractivity contribution in [2.75, 3.05) is 14.2 Å². The molecular weight excluding hydrogens is 434 g/mol. The van der Waals surface area contributed by atoms with Gasteiger partial charge in [0.1, 0.15) is 11.5 Å². The first-order valence-corrected chi connectivity index (χ1v) is 11.4. The number of hydrogen-bond donors (Lipinski definition) is 1. The molecule has 168 valence electrons. The van der Waals surface area contributed by atoms with Gasteiger partial charge in [0.25, 0.3) is 5.91 Å². The first-order chi connectivity index (χ1) is 16.0. The van der Waals surface area contributed by atoms with Gasteiger partial charge in [0, 0.05) is 21.9 Å². The van der Waals surface area contributed by atoms with Gasteiger partial charge in [0.05, 0.1) is 41.6 Å². The number of pyridine rings is 1. The summed E-state index contributed by atoms with van der Waals surface area (Å²) < 4.78 is 10.9. The highest BCUT2D eigenvalue weighted by Gasteiger charge is 2.17. The van der Waals surface area contributed by atoms with Crippen LogP contribution in [0.2, 0.25) is 0 Å². The van der Waals surface area contributed by atoms with E-state index in [0.717, 1.165) is 21.5 Å². The zero-order valence-corrected chi connectivity index (χ0v) is 19.8. The third-order valence-electron chi connectivity index (χ3n) is 5.30. The van der Waals surface area contributed by atoms with Crippen LogP contribution in [-0.2, 0) is 0 Å². The number of methoxy groups -OCH3 is 2. The molecule has 0 saturated carbocycles. The molecule has 0 unspecified atom stereocenters. The fraction of sp³-hybridized carbons (Fsp3) is 0.192. The second kappa shape index (κ2) is 9.83. The SMILES string of the molecule is CCC(=NNC(=O)c1cc(-c2ccc(OC)cc2OC)nc2ccccc12)c1ccc(C)s1. The Balaban J connectivity index is 1.76. The number of rotatable bonds is 7. The zero-order valence-electron chi connectivity index (χ0n) is 19.0. The first-order valence-electron chi connectivity index (χ1n) is 10.6. The van der Waals surface area contributed by atoms with Crippen LogP contribution in [0.3, 0.4) is 0 Å². The molecule has 0 aliphatic rings. The quantitative estimate of drug-likeness (QED) is 0.279. The second-order valence-corrected chi connectivity index (χ2v) is 8.69. The van der Waals surface area contributed by atoms with E-state index >= 15 is 0 Å². The summed E-state index contributed by atoms with van der Waals surface area (Å²) >= 11 is 1.66. The van der Waals surface area contributed by atoms with Crippen molar-refractivity contribution in [2.45, 2.75) is 20.3 Å². The van der Waals surface area contributed by atoms with Crippen LogP contribution >= 0.6 is 11.3 Å². The molecule has 0 aliphatic carbocycles. The molecule has 4 rings (SSSR count). The standard InChI is InChI=1S/C26H25N3O3S/c1-5-21(25-13-10-16(2)33-25)28-29-26(30)20-15-23(27-22-9-7-6-8-18(20)22)19-12-11-17(31-3)14-24(19)32-4/h6-15H,5H2,1-4H3,(H,29,30). The van der Waals surface area contributed by atoms with Gasteiger partial charge in [-0.05, 0) is 49.7 Å².